The van der Waals surface area contributed by atoms with Crippen molar-refractivity contribution in [3.63, 3.8) is 0 Å². The van der Waals surface area contributed by atoms with Crippen molar-refractivity contribution in [2.24, 2.45) is 0 Å². The molecule has 0 aromatic heterocycles. The largest absolute Gasteiger partial charge is 0.490 e. The van der Waals surface area contributed by atoms with Crippen LogP contribution in [0, 0.1) is 18.3 Å². The number of aryl methyl sites for hydroxylation is 1. The van der Waals surface area contributed by atoms with E-state index in [9.17, 15) is 10.1 Å². The van der Waals surface area contributed by atoms with Gasteiger partial charge < -0.3 is 14.8 Å². The van der Waals surface area contributed by atoms with Gasteiger partial charge in [-0.1, -0.05) is 46.3 Å². The number of benzene rings is 3. The Morgan fingerprint density at radius 1 is 1.06 bits per heavy atom. The first-order valence-electron chi connectivity index (χ1n) is 10.1. The summed E-state index contributed by atoms with van der Waals surface area (Å²) in [5.74, 6) is 0.677. The normalized spacial score (nSPS) is 10.9. The molecule has 3 aromatic carbocycles. The number of ether oxygens (including phenoxy) is 2. The van der Waals surface area contributed by atoms with Crippen LogP contribution in [0.25, 0.3) is 6.08 Å². The van der Waals surface area contributed by atoms with E-state index in [4.69, 9.17) is 9.47 Å². The Kier molecular flexibility index (Phi) is 8.07. The van der Waals surface area contributed by atoms with E-state index >= 15 is 0 Å². The van der Waals surface area contributed by atoms with Gasteiger partial charge >= 0.3 is 0 Å². The summed E-state index contributed by atoms with van der Waals surface area (Å²) in [6, 6.07) is 22.6. The third-order valence-corrected chi connectivity index (χ3v) is 5.06. The van der Waals surface area contributed by atoms with Crippen molar-refractivity contribution in [3.8, 4) is 17.6 Å². The molecule has 0 spiro atoms. The van der Waals surface area contributed by atoms with Crippen molar-refractivity contribution in [1.29, 1.82) is 5.26 Å². The molecule has 0 saturated heterocycles. The molecule has 0 aliphatic rings. The molecule has 3 rings (SSSR count). The summed E-state index contributed by atoms with van der Waals surface area (Å²) < 4.78 is 12.7. The average Bonchev–Trinajstić information content (AvgIpc) is 2.78. The SMILES string of the molecule is CCOc1cc(/C=C(/C#N)C(=O)Nc2cccc(C)c2)ccc1OCc1ccc(Br)cc1. The van der Waals surface area contributed by atoms with Crippen molar-refractivity contribution in [1.82, 2.24) is 0 Å². The molecule has 1 amide bonds. The summed E-state index contributed by atoms with van der Waals surface area (Å²) >= 11 is 3.42. The Balaban J connectivity index is 1.77. The number of nitriles is 1. The zero-order valence-electron chi connectivity index (χ0n) is 17.9. The number of hydrogen-bond donors (Lipinski definition) is 1. The Morgan fingerprint density at radius 3 is 2.53 bits per heavy atom. The molecule has 5 nitrogen and oxygen atoms in total. The molecule has 0 aliphatic heterocycles. The van der Waals surface area contributed by atoms with Crippen LogP contribution in [0.15, 0.2) is 76.8 Å². The number of anilines is 1. The fraction of sp³-hybridized carbons (Fsp3) is 0.154. The highest BCUT2D eigenvalue weighted by molar-refractivity contribution is 9.10. The number of rotatable bonds is 8. The number of carbonyl (C=O) groups is 1. The number of carbonyl (C=O) groups excluding carboxylic acids is 1. The maximum absolute atomic E-state index is 12.6. The van der Waals surface area contributed by atoms with Gasteiger partial charge in [0.05, 0.1) is 6.61 Å². The molecule has 0 radical (unpaired) electrons. The maximum Gasteiger partial charge on any atom is 0.266 e. The Morgan fingerprint density at radius 2 is 1.84 bits per heavy atom. The highest BCUT2D eigenvalue weighted by atomic mass is 79.9. The molecule has 0 unspecified atom stereocenters. The summed E-state index contributed by atoms with van der Waals surface area (Å²) in [5, 5.41) is 12.3. The van der Waals surface area contributed by atoms with Gasteiger partial charge in [0.1, 0.15) is 18.2 Å². The third-order valence-electron chi connectivity index (χ3n) is 4.53. The van der Waals surface area contributed by atoms with Gasteiger partial charge in [0.15, 0.2) is 11.5 Å². The first-order chi connectivity index (χ1) is 15.5. The van der Waals surface area contributed by atoms with Crippen LogP contribution in [-0.2, 0) is 11.4 Å². The maximum atomic E-state index is 12.6. The van der Waals surface area contributed by atoms with Crippen LogP contribution in [0.1, 0.15) is 23.6 Å². The fourth-order valence-corrected chi connectivity index (χ4v) is 3.24. The molecule has 1 N–H and O–H groups in total. The van der Waals surface area contributed by atoms with E-state index < -0.39 is 5.91 Å². The second-order valence-corrected chi connectivity index (χ2v) is 7.96. The second kappa shape index (κ2) is 11.2. The zero-order valence-corrected chi connectivity index (χ0v) is 19.5. The third kappa shape index (κ3) is 6.47. The van der Waals surface area contributed by atoms with E-state index in [2.05, 4.69) is 21.2 Å². The fourth-order valence-electron chi connectivity index (χ4n) is 2.98. The summed E-state index contributed by atoms with van der Waals surface area (Å²) in [7, 11) is 0. The van der Waals surface area contributed by atoms with Gasteiger partial charge in [0.2, 0.25) is 0 Å². The molecule has 0 saturated carbocycles. The van der Waals surface area contributed by atoms with Crippen LogP contribution in [0.4, 0.5) is 5.69 Å². The lowest BCUT2D eigenvalue weighted by Gasteiger charge is -2.13. The molecule has 3 aromatic rings. The topological polar surface area (TPSA) is 71.3 Å². The Hall–Kier alpha value is -3.56. The minimum absolute atomic E-state index is 0.00233. The van der Waals surface area contributed by atoms with Crippen molar-refractivity contribution in [2.45, 2.75) is 20.5 Å². The summed E-state index contributed by atoms with van der Waals surface area (Å²) in [4.78, 5) is 12.6. The van der Waals surface area contributed by atoms with Crippen molar-refractivity contribution in [3.05, 3.63) is 93.5 Å². The number of hydrogen-bond acceptors (Lipinski definition) is 4. The predicted octanol–water partition coefficient (Wildman–Crippen LogP) is 6.28. The highest BCUT2D eigenvalue weighted by Crippen LogP contribution is 2.30. The van der Waals surface area contributed by atoms with Crippen molar-refractivity contribution >= 4 is 33.6 Å². The van der Waals surface area contributed by atoms with E-state index in [1.54, 1.807) is 24.3 Å². The number of nitrogens with zero attached hydrogens (tertiary/aromatic N) is 1. The van der Waals surface area contributed by atoms with E-state index in [-0.39, 0.29) is 5.57 Å². The zero-order chi connectivity index (χ0) is 22.9. The molecule has 0 bridgehead atoms. The van der Waals surface area contributed by atoms with Crippen LogP contribution in [0.3, 0.4) is 0 Å². The lowest BCUT2D eigenvalue weighted by Crippen LogP contribution is -2.13. The molecular formula is C26H23BrN2O3. The summed E-state index contributed by atoms with van der Waals surface area (Å²) in [5.41, 5.74) is 3.35. The summed E-state index contributed by atoms with van der Waals surface area (Å²) in [6.07, 6.45) is 1.53. The van der Waals surface area contributed by atoms with Crippen LogP contribution in [0.2, 0.25) is 0 Å². The summed E-state index contributed by atoms with van der Waals surface area (Å²) in [6.45, 7) is 4.68. The molecule has 162 valence electrons. The molecule has 0 heterocycles. The van der Waals surface area contributed by atoms with Gasteiger partial charge in [-0.2, -0.15) is 5.26 Å². The van der Waals surface area contributed by atoms with Gasteiger partial charge in [-0.3, -0.25) is 4.79 Å². The number of halogens is 1. The molecule has 0 atom stereocenters. The van der Waals surface area contributed by atoms with E-state index in [1.807, 2.05) is 62.4 Å². The smallest absolute Gasteiger partial charge is 0.266 e. The standard InChI is InChI=1S/C26H23BrN2O3/c1-3-31-25-15-20(9-12-24(25)32-17-19-7-10-22(27)11-8-19)14-21(16-28)26(30)29-23-6-4-5-18(2)13-23/h4-15H,3,17H2,1-2H3,(H,29,30)/b21-14-. The van der Waals surface area contributed by atoms with Crippen LogP contribution in [-0.4, -0.2) is 12.5 Å². The molecule has 0 fully saturated rings. The lowest BCUT2D eigenvalue weighted by molar-refractivity contribution is -0.112. The van der Waals surface area contributed by atoms with Crippen LogP contribution in [0.5, 0.6) is 11.5 Å². The molecule has 6 heteroatoms. The lowest BCUT2D eigenvalue weighted by atomic mass is 10.1. The first-order valence-corrected chi connectivity index (χ1v) is 10.9. The first kappa shape index (κ1) is 23.1. The van der Waals surface area contributed by atoms with Gasteiger partial charge in [0, 0.05) is 10.2 Å². The Labute approximate surface area is 196 Å². The second-order valence-electron chi connectivity index (χ2n) is 7.05. The average molecular weight is 491 g/mol. The van der Waals surface area contributed by atoms with Crippen LogP contribution >= 0.6 is 15.9 Å². The van der Waals surface area contributed by atoms with Gasteiger partial charge in [-0.05, 0) is 73.0 Å². The van der Waals surface area contributed by atoms with Crippen LogP contribution < -0.4 is 14.8 Å². The van der Waals surface area contributed by atoms with Crippen molar-refractivity contribution in [2.75, 3.05) is 11.9 Å². The molecule has 32 heavy (non-hydrogen) atoms. The molecule has 0 aliphatic carbocycles. The highest BCUT2D eigenvalue weighted by Gasteiger charge is 2.12. The van der Waals surface area contributed by atoms with E-state index in [0.717, 1.165) is 15.6 Å². The quantitative estimate of drug-likeness (QED) is 0.297. The van der Waals surface area contributed by atoms with Gasteiger partial charge in [-0.25, -0.2) is 0 Å². The minimum atomic E-state index is -0.466. The molecular weight excluding hydrogens is 468 g/mol. The minimum Gasteiger partial charge on any atom is -0.490 e. The monoisotopic (exact) mass is 490 g/mol. The van der Waals surface area contributed by atoms with E-state index in [0.29, 0.717) is 36.0 Å². The number of amides is 1. The Bertz CT molecular complexity index is 1160. The van der Waals surface area contributed by atoms with Gasteiger partial charge in [0.25, 0.3) is 5.91 Å². The number of nitrogens with one attached hydrogen (secondary N) is 1. The van der Waals surface area contributed by atoms with Gasteiger partial charge in [-0.15, -0.1) is 0 Å². The van der Waals surface area contributed by atoms with Crippen molar-refractivity contribution < 1.29 is 14.3 Å². The predicted molar refractivity (Wildman–Crippen MR) is 129 cm³/mol. The van der Waals surface area contributed by atoms with E-state index in [1.165, 1.54) is 6.08 Å².